The zero-order valence-electron chi connectivity index (χ0n) is 7.14. The zero-order valence-corrected chi connectivity index (χ0v) is 7.14. The second kappa shape index (κ2) is 3.22. The van der Waals surface area contributed by atoms with Gasteiger partial charge in [-0.15, -0.1) is 0 Å². The molecule has 11 heavy (non-hydrogen) atoms. The third-order valence-electron chi connectivity index (χ3n) is 2.14. The quantitative estimate of drug-likeness (QED) is 0.595. The maximum atomic E-state index is 11.3. The van der Waals surface area contributed by atoms with Gasteiger partial charge in [0, 0.05) is 6.54 Å². The molecule has 1 rings (SSSR count). The van der Waals surface area contributed by atoms with Crippen molar-refractivity contribution < 1.29 is 9.53 Å². The van der Waals surface area contributed by atoms with E-state index in [9.17, 15) is 4.79 Å². The van der Waals surface area contributed by atoms with E-state index in [4.69, 9.17) is 4.74 Å². The first kappa shape index (κ1) is 8.53. The van der Waals surface area contributed by atoms with Gasteiger partial charge in [0.2, 0.25) is 0 Å². The molecule has 0 aliphatic carbocycles. The molecule has 1 aliphatic heterocycles. The van der Waals surface area contributed by atoms with E-state index in [2.05, 4.69) is 5.32 Å². The number of carbonyl (C=O) groups is 1. The number of hydrogen-bond acceptors (Lipinski definition) is 3. The Morgan fingerprint density at radius 3 is 2.91 bits per heavy atom. The molecule has 0 aromatic rings. The standard InChI is InChI=1S/C8H15NO2/c1-3-11-7(10)8(2)4-5-9-6-8/h9H,3-6H2,1-2H3/t8-/m0/s1. The van der Waals surface area contributed by atoms with Gasteiger partial charge in [0.15, 0.2) is 0 Å². The van der Waals surface area contributed by atoms with Gasteiger partial charge >= 0.3 is 5.97 Å². The molecule has 0 aromatic heterocycles. The molecule has 64 valence electrons. The zero-order chi connectivity index (χ0) is 8.32. The second-order valence-corrected chi connectivity index (χ2v) is 3.21. The molecular weight excluding hydrogens is 142 g/mol. The van der Waals surface area contributed by atoms with E-state index in [1.807, 2.05) is 13.8 Å². The van der Waals surface area contributed by atoms with Crippen LogP contribution in [0, 0.1) is 5.41 Å². The van der Waals surface area contributed by atoms with Crippen molar-refractivity contribution in [3.63, 3.8) is 0 Å². The molecular formula is C8H15NO2. The molecule has 1 N–H and O–H groups in total. The maximum Gasteiger partial charge on any atom is 0.313 e. The first-order valence-electron chi connectivity index (χ1n) is 4.07. The number of ether oxygens (including phenoxy) is 1. The largest absolute Gasteiger partial charge is 0.466 e. The summed E-state index contributed by atoms with van der Waals surface area (Å²) in [7, 11) is 0. The lowest BCUT2D eigenvalue weighted by Crippen LogP contribution is -2.31. The molecule has 0 saturated carbocycles. The summed E-state index contributed by atoms with van der Waals surface area (Å²) in [6.07, 6.45) is 0.895. The Kier molecular flexibility index (Phi) is 2.49. The molecule has 0 unspecified atom stereocenters. The van der Waals surface area contributed by atoms with Gasteiger partial charge < -0.3 is 10.1 Å². The molecule has 0 bridgehead atoms. The van der Waals surface area contributed by atoms with Gasteiger partial charge in [-0.3, -0.25) is 4.79 Å². The second-order valence-electron chi connectivity index (χ2n) is 3.21. The highest BCUT2D eigenvalue weighted by Crippen LogP contribution is 2.25. The monoisotopic (exact) mass is 157 g/mol. The fourth-order valence-electron chi connectivity index (χ4n) is 1.30. The fraction of sp³-hybridized carbons (Fsp3) is 0.875. The number of carbonyl (C=O) groups excluding carboxylic acids is 1. The summed E-state index contributed by atoms with van der Waals surface area (Å²) < 4.78 is 4.95. The predicted molar refractivity (Wildman–Crippen MR) is 42.2 cm³/mol. The highest BCUT2D eigenvalue weighted by Gasteiger charge is 2.37. The summed E-state index contributed by atoms with van der Waals surface area (Å²) in [5.74, 6) is -0.0648. The van der Waals surface area contributed by atoms with E-state index in [1.54, 1.807) is 0 Å². The Morgan fingerprint density at radius 2 is 2.45 bits per heavy atom. The minimum atomic E-state index is -0.268. The first-order valence-corrected chi connectivity index (χ1v) is 4.07. The molecule has 3 heteroatoms. The molecule has 0 radical (unpaired) electrons. The lowest BCUT2D eigenvalue weighted by atomic mass is 9.90. The molecule has 0 spiro atoms. The van der Waals surface area contributed by atoms with Crippen LogP contribution < -0.4 is 5.32 Å². The summed E-state index contributed by atoms with van der Waals surface area (Å²) in [6.45, 7) is 5.95. The number of rotatable bonds is 2. The summed E-state index contributed by atoms with van der Waals surface area (Å²) >= 11 is 0. The van der Waals surface area contributed by atoms with Crippen LogP contribution in [0.25, 0.3) is 0 Å². The van der Waals surface area contributed by atoms with Gasteiger partial charge in [0.1, 0.15) is 0 Å². The molecule has 3 nitrogen and oxygen atoms in total. The van der Waals surface area contributed by atoms with Crippen molar-refractivity contribution in [3.8, 4) is 0 Å². The molecule has 0 amide bonds. The molecule has 1 atom stereocenters. The van der Waals surface area contributed by atoms with Crippen LogP contribution in [0.5, 0.6) is 0 Å². The van der Waals surface area contributed by atoms with E-state index < -0.39 is 0 Å². The lowest BCUT2D eigenvalue weighted by molar-refractivity contribution is -0.153. The van der Waals surface area contributed by atoms with Crippen molar-refractivity contribution in [2.24, 2.45) is 5.41 Å². The third kappa shape index (κ3) is 1.71. The van der Waals surface area contributed by atoms with E-state index in [0.717, 1.165) is 19.5 Å². The van der Waals surface area contributed by atoms with Crippen LogP contribution in [-0.4, -0.2) is 25.7 Å². The Labute approximate surface area is 67.1 Å². The van der Waals surface area contributed by atoms with Gasteiger partial charge in [-0.05, 0) is 26.8 Å². The minimum Gasteiger partial charge on any atom is -0.466 e. The molecule has 1 fully saturated rings. The highest BCUT2D eigenvalue weighted by molar-refractivity contribution is 5.77. The van der Waals surface area contributed by atoms with Gasteiger partial charge in [-0.1, -0.05) is 0 Å². The summed E-state index contributed by atoms with van der Waals surface area (Å²) in [5, 5.41) is 3.15. The number of nitrogens with one attached hydrogen (secondary N) is 1. The average molecular weight is 157 g/mol. The van der Waals surface area contributed by atoms with E-state index in [1.165, 1.54) is 0 Å². The number of hydrogen-bond donors (Lipinski definition) is 1. The van der Waals surface area contributed by atoms with Gasteiger partial charge in [0.05, 0.1) is 12.0 Å². The van der Waals surface area contributed by atoms with E-state index >= 15 is 0 Å². The Morgan fingerprint density at radius 1 is 1.73 bits per heavy atom. The fourth-order valence-corrected chi connectivity index (χ4v) is 1.30. The van der Waals surface area contributed by atoms with Crippen molar-refractivity contribution in [1.29, 1.82) is 0 Å². The Balaban J connectivity index is 2.49. The van der Waals surface area contributed by atoms with E-state index in [-0.39, 0.29) is 11.4 Å². The van der Waals surface area contributed by atoms with Gasteiger partial charge in [-0.2, -0.15) is 0 Å². The average Bonchev–Trinajstić information content (AvgIpc) is 2.38. The van der Waals surface area contributed by atoms with Crippen LogP contribution in [0.15, 0.2) is 0 Å². The summed E-state index contributed by atoms with van der Waals surface area (Å²) in [5.41, 5.74) is -0.268. The Bertz CT molecular complexity index is 150. The number of esters is 1. The molecule has 1 saturated heterocycles. The van der Waals surface area contributed by atoms with Crippen LogP contribution >= 0.6 is 0 Å². The molecule has 1 aliphatic rings. The van der Waals surface area contributed by atoms with Crippen LogP contribution in [-0.2, 0) is 9.53 Å². The van der Waals surface area contributed by atoms with Crippen LogP contribution in [0.3, 0.4) is 0 Å². The molecule has 0 aromatic carbocycles. The highest BCUT2D eigenvalue weighted by atomic mass is 16.5. The van der Waals surface area contributed by atoms with Crippen molar-refractivity contribution in [1.82, 2.24) is 5.32 Å². The predicted octanol–water partition coefficient (Wildman–Crippen LogP) is 0.549. The third-order valence-corrected chi connectivity index (χ3v) is 2.14. The van der Waals surface area contributed by atoms with Gasteiger partial charge in [0.25, 0.3) is 0 Å². The van der Waals surface area contributed by atoms with Crippen molar-refractivity contribution in [2.45, 2.75) is 20.3 Å². The lowest BCUT2D eigenvalue weighted by Gasteiger charge is -2.19. The van der Waals surface area contributed by atoms with Crippen LogP contribution in [0.2, 0.25) is 0 Å². The minimum absolute atomic E-state index is 0.0648. The van der Waals surface area contributed by atoms with Crippen LogP contribution in [0.1, 0.15) is 20.3 Å². The first-order chi connectivity index (χ1) is 5.19. The maximum absolute atomic E-state index is 11.3. The topological polar surface area (TPSA) is 38.3 Å². The van der Waals surface area contributed by atoms with Gasteiger partial charge in [-0.25, -0.2) is 0 Å². The van der Waals surface area contributed by atoms with Crippen molar-refractivity contribution in [2.75, 3.05) is 19.7 Å². The SMILES string of the molecule is CCOC(=O)[C@@]1(C)CCNC1. The smallest absolute Gasteiger partial charge is 0.313 e. The van der Waals surface area contributed by atoms with E-state index in [0.29, 0.717) is 6.61 Å². The van der Waals surface area contributed by atoms with Crippen molar-refractivity contribution >= 4 is 5.97 Å². The normalized spacial score (nSPS) is 30.4. The Hall–Kier alpha value is -0.570. The summed E-state index contributed by atoms with van der Waals surface area (Å²) in [4.78, 5) is 11.3. The molecule has 1 heterocycles. The van der Waals surface area contributed by atoms with Crippen LogP contribution in [0.4, 0.5) is 0 Å². The summed E-state index contributed by atoms with van der Waals surface area (Å²) in [6, 6.07) is 0. The van der Waals surface area contributed by atoms with Crippen molar-refractivity contribution in [3.05, 3.63) is 0 Å².